The predicted molar refractivity (Wildman–Crippen MR) is 184 cm³/mol. The minimum Gasteiger partial charge on any atom is -0.465 e. The summed E-state index contributed by atoms with van der Waals surface area (Å²) < 4.78 is 110. The normalized spacial score (nSPS) is 11.6. The summed E-state index contributed by atoms with van der Waals surface area (Å²) in [5.41, 5.74) is 2.43. The molecule has 56 heavy (non-hydrogen) atoms. The fraction of sp³-hybridized carbons (Fsp3) is 0.212. The van der Waals surface area contributed by atoms with Gasteiger partial charge in [-0.2, -0.15) is 26.3 Å². The van der Waals surface area contributed by atoms with E-state index in [1.807, 2.05) is 0 Å². The summed E-state index contributed by atoms with van der Waals surface area (Å²) in [6, 6.07) is 8.24. The summed E-state index contributed by atoms with van der Waals surface area (Å²) in [6.45, 7) is 0. The molecule has 5 aromatic rings. The molecule has 5 heterocycles. The molecule has 0 aliphatic carbocycles. The Balaban J connectivity index is 0.000000259. The zero-order valence-corrected chi connectivity index (χ0v) is 29.8. The Hall–Kier alpha value is -6.65. The van der Waals surface area contributed by atoms with Crippen LogP contribution in [-0.4, -0.2) is 82.7 Å². The molecule has 2 amide bonds. The van der Waals surface area contributed by atoms with Gasteiger partial charge in [0.1, 0.15) is 44.1 Å². The Bertz CT molecular complexity index is 2420. The highest BCUT2D eigenvalue weighted by Gasteiger charge is 2.34. The van der Waals surface area contributed by atoms with E-state index in [9.17, 15) is 53.9 Å². The van der Waals surface area contributed by atoms with E-state index >= 15 is 0 Å². The van der Waals surface area contributed by atoms with E-state index in [2.05, 4.69) is 35.3 Å². The van der Waals surface area contributed by atoms with Gasteiger partial charge in [-0.25, -0.2) is 37.9 Å². The molecule has 0 atom stereocenters. The summed E-state index contributed by atoms with van der Waals surface area (Å²) in [7, 11) is -0.977. The molecule has 0 radical (unpaired) electrons. The van der Waals surface area contributed by atoms with Gasteiger partial charge in [0.05, 0.1) is 54.4 Å². The molecule has 0 aromatic carbocycles. The average molecular weight is 811 g/mol. The Morgan fingerprint density at radius 1 is 0.768 bits per heavy atom. The van der Waals surface area contributed by atoms with Crippen LogP contribution >= 0.6 is 0 Å². The molecule has 0 bridgehead atoms. The Morgan fingerprint density at radius 3 is 1.75 bits per heavy atom. The topological polar surface area (TPSA) is 227 Å². The lowest BCUT2D eigenvalue weighted by atomic mass is 10.2. The zero-order chi connectivity index (χ0) is 41.6. The number of nitrogens with zero attached hydrogens (tertiary/aromatic N) is 5. The van der Waals surface area contributed by atoms with Gasteiger partial charge in [-0.05, 0) is 36.4 Å². The number of fused-ring (bicyclic) bond motifs is 1. The first-order valence-corrected chi connectivity index (χ1v) is 17.5. The number of sulfone groups is 1. The fourth-order valence-corrected chi connectivity index (χ4v) is 5.12. The maximum atomic E-state index is 12.9. The number of nitrogen functional groups attached to an aromatic ring is 1. The van der Waals surface area contributed by atoms with Crippen molar-refractivity contribution in [1.82, 2.24) is 24.3 Å². The quantitative estimate of drug-likeness (QED) is 0.138. The van der Waals surface area contributed by atoms with Gasteiger partial charge in [-0.15, -0.1) is 0 Å². The van der Waals surface area contributed by atoms with E-state index in [1.165, 1.54) is 28.9 Å². The third kappa shape index (κ3) is 11.0. The van der Waals surface area contributed by atoms with Crippen LogP contribution in [0.4, 0.5) is 43.5 Å². The molecule has 0 aliphatic heterocycles. The van der Waals surface area contributed by atoms with Crippen molar-refractivity contribution in [2.45, 2.75) is 18.8 Å². The van der Waals surface area contributed by atoms with Gasteiger partial charge in [0.25, 0.3) is 11.8 Å². The summed E-state index contributed by atoms with van der Waals surface area (Å²) in [5.74, 6) is -3.66. The Labute approximate surface area is 312 Å². The van der Waals surface area contributed by atoms with Crippen molar-refractivity contribution in [1.29, 1.82) is 0 Å². The van der Waals surface area contributed by atoms with E-state index in [-0.39, 0.29) is 46.1 Å². The number of carbonyl (C=O) groups is 4. The van der Waals surface area contributed by atoms with E-state index in [0.29, 0.717) is 5.69 Å². The largest absolute Gasteiger partial charge is 0.465 e. The Morgan fingerprint density at radius 2 is 1.27 bits per heavy atom. The number of alkyl halides is 6. The molecule has 0 unspecified atom stereocenters. The van der Waals surface area contributed by atoms with Crippen molar-refractivity contribution >= 4 is 56.4 Å². The number of hydrogen-bond acceptors (Lipinski definition) is 13. The first-order chi connectivity index (χ1) is 26.1. The van der Waals surface area contributed by atoms with Crippen LogP contribution in [0.1, 0.15) is 58.8 Å². The molecule has 0 aliphatic rings. The van der Waals surface area contributed by atoms with Crippen LogP contribution in [0.3, 0.4) is 0 Å². The number of rotatable bonds is 9. The van der Waals surface area contributed by atoms with E-state index in [4.69, 9.17) is 10.5 Å². The SMILES string of the molecule is COC(=O)c1cc(N)ncc1NC(=O)c1cccc(C(F)(F)F)n1.COC(=O)c1cc2nc(CCS(C)(=O)=O)cn2cc1NC(=O)c1cccc(C(F)(F)F)n1. The molecule has 296 valence electrons. The molecule has 4 N–H and O–H groups in total. The van der Waals surface area contributed by atoms with Crippen LogP contribution in [0.15, 0.2) is 67.1 Å². The number of halogens is 6. The van der Waals surface area contributed by atoms with Gasteiger partial charge >= 0.3 is 24.3 Å². The lowest BCUT2D eigenvalue weighted by Gasteiger charge is -2.11. The van der Waals surface area contributed by atoms with Crippen molar-refractivity contribution in [3.05, 3.63) is 107 Å². The molecule has 23 heteroatoms. The van der Waals surface area contributed by atoms with Crippen LogP contribution in [0.5, 0.6) is 0 Å². The van der Waals surface area contributed by atoms with E-state index < -0.39 is 68.7 Å². The second-order valence-electron chi connectivity index (χ2n) is 11.3. The monoisotopic (exact) mass is 810 g/mol. The van der Waals surface area contributed by atoms with Gasteiger partial charge < -0.3 is 30.2 Å². The molecular formula is C33H28F6N8O8S. The molecule has 0 spiro atoms. The van der Waals surface area contributed by atoms with Crippen LogP contribution in [0.2, 0.25) is 0 Å². The number of nitrogens with one attached hydrogen (secondary N) is 2. The minimum absolute atomic E-state index is 0.00518. The van der Waals surface area contributed by atoms with Gasteiger partial charge in [-0.3, -0.25) is 9.59 Å². The third-order valence-electron chi connectivity index (χ3n) is 7.15. The number of carbonyl (C=O) groups excluding carboxylic acids is 4. The number of methoxy groups -OCH3 is 2. The molecule has 5 aromatic heterocycles. The summed E-state index contributed by atoms with van der Waals surface area (Å²) in [5, 5.41) is 4.62. The predicted octanol–water partition coefficient (Wildman–Crippen LogP) is 4.49. The lowest BCUT2D eigenvalue weighted by Crippen LogP contribution is -2.19. The van der Waals surface area contributed by atoms with Crippen molar-refractivity contribution in [3.63, 3.8) is 0 Å². The second kappa shape index (κ2) is 16.8. The van der Waals surface area contributed by atoms with Crippen molar-refractivity contribution in [2.24, 2.45) is 0 Å². The fourth-order valence-electron chi connectivity index (χ4n) is 4.54. The minimum atomic E-state index is -4.73. The molecule has 5 rings (SSSR count). The summed E-state index contributed by atoms with van der Waals surface area (Å²) in [6.07, 6.45) is -4.27. The lowest BCUT2D eigenvalue weighted by molar-refractivity contribution is -0.142. The number of ether oxygens (including phenoxy) is 2. The summed E-state index contributed by atoms with van der Waals surface area (Å²) >= 11 is 0. The highest BCUT2D eigenvalue weighted by Crippen LogP contribution is 2.29. The molecule has 16 nitrogen and oxygen atoms in total. The highest BCUT2D eigenvalue weighted by molar-refractivity contribution is 7.90. The smallest absolute Gasteiger partial charge is 0.433 e. The number of aromatic nitrogens is 5. The van der Waals surface area contributed by atoms with Crippen LogP contribution in [0, 0.1) is 0 Å². The van der Waals surface area contributed by atoms with E-state index in [0.717, 1.165) is 63.1 Å². The van der Waals surface area contributed by atoms with Gasteiger partial charge in [-0.1, -0.05) is 12.1 Å². The molecule has 0 fully saturated rings. The van der Waals surface area contributed by atoms with Crippen LogP contribution < -0.4 is 16.4 Å². The number of esters is 2. The van der Waals surface area contributed by atoms with Crippen molar-refractivity contribution in [3.8, 4) is 0 Å². The zero-order valence-electron chi connectivity index (χ0n) is 29.0. The number of anilines is 3. The third-order valence-corrected chi connectivity index (χ3v) is 8.09. The molecule has 0 saturated carbocycles. The number of imidazole rings is 1. The first kappa shape index (κ1) is 42.1. The van der Waals surface area contributed by atoms with Crippen molar-refractivity contribution in [2.75, 3.05) is 42.6 Å². The summed E-state index contributed by atoms with van der Waals surface area (Å²) in [4.78, 5) is 63.0. The second-order valence-corrected chi connectivity index (χ2v) is 13.6. The number of aryl methyl sites for hydroxylation is 1. The number of hydrogen-bond donors (Lipinski definition) is 3. The van der Waals surface area contributed by atoms with Crippen molar-refractivity contribution < 1.29 is 63.4 Å². The number of amides is 2. The van der Waals surface area contributed by atoms with Gasteiger partial charge in [0.15, 0.2) is 0 Å². The van der Waals surface area contributed by atoms with Gasteiger partial charge in [0.2, 0.25) is 0 Å². The first-order valence-electron chi connectivity index (χ1n) is 15.4. The Kier molecular flexibility index (Phi) is 12.6. The highest BCUT2D eigenvalue weighted by atomic mass is 32.2. The van der Waals surface area contributed by atoms with Crippen LogP contribution in [0.25, 0.3) is 5.65 Å². The molecule has 0 saturated heterocycles. The van der Waals surface area contributed by atoms with Crippen LogP contribution in [-0.2, 0) is 38.1 Å². The number of pyridine rings is 4. The standard InChI is InChI=1S/C19H17F3N4O5S.C14H11F3N4O3/c1-31-18(28)12-8-16-23-11(6-7-32(2,29)30)9-26(16)10-14(12)25-17(27)13-4-3-5-15(24-13)19(20,21)22;1-24-13(23)7-5-11(18)19-6-9(7)21-12(22)8-3-2-4-10(20-8)14(15,16)17/h3-5,8-10H,6-7H2,1-2H3,(H,25,27);2-6H,1H3,(H2,18,19)(H,21,22). The molecular weight excluding hydrogens is 782 g/mol. The average Bonchev–Trinajstić information content (AvgIpc) is 3.55. The maximum absolute atomic E-state index is 12.9. The van der Waals surface area contributed by atoms with Gasteiger partial charge in [0, 0.05) is 25.1 Å². The maximum Gasteiger partial charge on any atom is 0.433 e. The number of nitrogens with two attached hydrogens (primary N) is 1. The van der Waals surface area contributed by atoms with E-state index in [1.54, 1.807) is 0 Å².